The van der Waals surface area contributed by atoms with Crippen LogP contribution in [0.25, 0.3) is 16.6 Å². The number of H-pyrrole nitrogens is 2. The minimum atomic E-state index is -0.286. The van der Waals surface area contributed by atoms with Crippen molar-refractivity contribution >= 4 is 22.6 Å². The molecule has 4 aromatic rings. The predicted molar refractivity (Wildman–Crippen MR) is 132 cm³/mol. The number of nitrogens with zero attached hydrogens (tertiary/aromatic N) is 3. The van der Waals surface area contributed by atoms with Crippen LogP contribution in [0.3, 0.4) is 0 Å². The number of nitrogens with one attached hydrogen (secondary N) is 2. The molecule has 0 unspecified atom stereocenters. The molecule has 3 heterocycles. The van der Waals surface area contributed by atoms with Crippen molar-refractivity contribution in [3.05, 3.63) is 87.8 Å². The second-order valence-corrected chi connectivity index (χ2v) is 9.38. The molecule has 1 aliphatic heterocycles. The number of benzene rings is 2. The predicted octanol–water partition coefficient (Wildman–Crippen LogP) is 3.26. The smallest absolute Gasteiger partial charge is 0.264 e. The molecule has 0 saturated carbocycles. The van der Waals surface area contributed by atoms with Gasteiger partial charge in [-0.25, -0.2) is 0 Å². The van der Waals surface area contributed by atoms with Crippen molar-refractivity contribution in [2.45, 2.75) is 25.3 Å². The van der Waals surface area contributed by atoms with E-state index in [4.69, 9.17) is 5.73 Å². The van der Waals surface area contributed by atoms with Gasteiger partial charge in [0, 0.05) is 30.3 Å². The maximum Gasteiger partial charge on any atom is 0.264 e. The van der Waals surface area contributed by atoms with E-state index in [9.17, 15) is 9.90 Å². The van der Waals surface area contributed by atoms with E-state index < -0.39 is 0 Å². The molecule has 8 nitrogen and oxygen atoms in total. The van der Waals surface area contributed by atoms with Crippen molar-refractivity contribution in [2.75, 3.05) is 18.0 Å². The highest BCUT2D eigenvalue weighted by Gasteiger charge is 2.46. The Bertz CT molecular complexity index is 1480. The van der Waals surface area contributed by atoms with Crippen LogP contribution in [0.15, 0.2) is 59.9 Å². The zero-order valence-electron chi connectivity index (χ0n) is 18.7. The fourth-order valence-electron chi connectivity index (χ4n) is 5.62. The third-order valence-electron chi connectivity index (χ3n) is 7.58. The number of aromatic nitrogens is 4. The van der Waals surface area contributed by atoms with Crippen molar-refractivity contribution in [3.63, 3.8) is 0 Å². The fraction of sp³-hybridized carbons (Fsp3) is 0.269. The molecule has 0 radical (unpaired) electrons. The molecule has 2 aromatic carbocycles. The lowest BCUT2D eigenvalue weighted by molar-refractivity contribution is 0.187. The lowest BCUT2D eigenvalue weighted by Crippen LogP contribution is -2.45. The molecule has 5 N–H and O–H groups in total. The zero-order valence-corrected chi connectivity index (χ0v) is 18.7. The molecular formula is C26H26N6O2. The van der Waals surface area contributed by atoms with E-state index >= 15 is 0 Å². The van der Waals surface area contributed by atoms with Crippen LogP contribution < -0.4 is 16.2 Å². The summed E-state index contributed by atoms with van der Waals surface area (Å²) in [6.45, 7) is 5.58. The number of nitrogens with two attached hydrogens (primary N) is 1. The maximum atomic E-state index is 13.1. The van der Waals surface area contributed by atoms with E-state index in [-0.39, 0.29) is 22.8 Å². The number of aromatic amines is 2. The van der Waals surface area contributed by atoms with Gasteiger partial charge in [-0.1, -0.05) is 49.0 Å². The number of hydrogen-bond donors (Lipinski definition) is 4. The topological polar surface area (TPSA) is 124 Å². The first-order valence-corrected chi connectivity index (χ1v) is 11.5. The molecular weight excluding hydrogens is 428 g/mol. The summed E-state index contributed by atoms with van der Waals surface area (Å²) in [6, 6.07) is 15.4. The number of phenols is 1. The van der Waals surface area contributed by atoms with Crippen molar-refractivity contribution in [1.29, 1.82) is 0 Å². The number of aromatic hydroxyl groups is 1. The van der Waals surface area contributed by atoms with Crippen LogP contribution in [0.1, 0.15) is 41.3 Å². The summed E-state index contributed by atoms with van der Waals surface area (Å²) in [4.78, 5) is 22.8. The first kappa shape index (κ1) is 20.7. The molecule has 2 aliphatic rings. The average molecular weight is 455 g/mol. The summed E-state index contributed by atoms with van der Waals surface area (Å²) in [5.74, 6) is 0.610. The van der Waals surface area contributed by atoms with Crippen LogP contribution in [0.4, 0.5) is 5.95 Å². The third-order valence-corrected chi connectivity index (χ3v) is 7.58. The fourth-order valence-corrected chi connectivity index (χ4v) is 5.62. The van der Waals surface area contributed by atoms with Crippen LogP contribution >= 0.6 is 0 Å². The summed E-state index contributed by atoms with van der Waals surface area (Å²) in [5.41, 5.74) is 10.8. The van der Waals surface area contributed by atoms with Gasteiger partial charge in [0.05, 0.1) is 0 Å². The third kappa shape index (κ3) is 3.06. The van der Waals surface area contributed by atoms with Crippen LogP contribution in [-0.4, -0.2) is 38.4 Å². The largest absolute Gasteiger partial charge is 0.507 e. The van der Waals surface area contributed by atoms with Crippen molar-refractivity contribution in [1.82, 2.24) is 20.2 Å². The highest BCUT2D eigenvalue weighted by atomic mass is 16.3. The summed E-state index contributed by atoms with van der Waals surface area (Å²) in [7, 11) is 0. The average Bonchev–Trinajstić information content (AvgIpc) is 3.39. The van der Waals surface area contributed by atoms with Gasteiger partial charge >= 0.3 is 0 Å². The monoisotopic (exact) mass is 454 g/mol. The summed E-state index contributed by atoms with van der Waals surface area (Å²) in [5, 5.41) is 17.7. The van der Waals surface area contributed by atoms with Gasteiger partial charge in [-0.15, -0.1) is 0 Å². The van der Waals surface area contributed by atoms with Crippen molar-refractivity contribution in [3.8, 4) is 5.75 Å². The summed E-state index contributed by atoms with van der Waals surface area (Å²) >= 11 is 0. The minimum Gasteiger partial charge on any atom is -0.507 e. The highest BCUT2D eigenvalue weighted by Crippen LogP contribution is 2.50. The quantitative estimate of drug-likeness (QED) is 0.377. The maximum absolute atomic E-state index is 13.1. The van der Waals surface area contributed by atoms with E-state index in [1.165, 1.54) is 11.1 Å². The molecule has 6 rings (SSSR count). The molecule has 0 bridgehead atoms. The molecule has 172 valence electrons. The van der Waals surface area contributed by atoms with Gasteiger partial charge in [0.25, 0.3) is 5.56 Å². The first-order valence-electron chi connectivity index (χ1n) is 11.5. The normalized spacial score (nSPS) is 19.0. The number of para-hydroxylation sites is 1. The Morgan fingerprint density at radius 3 is 2.65 bits per heavy atom. The van der Waals surface area contributed by atoms with Crippen LogP contribution in [0.5, 0.6) is 5.75 Å². The Kier molecular flexibility index (Phi) is 4.60. The molecule has 34 heavy (non-hydrogen) atoms. The molecule has 8 heteroatoms. The molecule has 2 aromatic heterocycles. The van der Waals surface area contributed by atoms with Gasteiger partial charge < -0.3 is 15.7 Å². The minimum absolute atomic E-state index is 0.0379. The summed E-state index contributed by atoms with van der Waals surface area (Å²) < 4.78 is 0. The second-order valence-electron chi connectivity index (χ2n) is 9.38. The van der Waals surface area contributed by atoms with Gasteiger partial charge in [0.15, 0.2) is 5.65 Å². The summed E-state index contributed by atoms with van der Waals surface area (Å²) in [6.07, 6.45) is 2.87. The lowest BCUT2D eigenvalue weighted by Gasteiger charge is -2.42. The Morgan fingerprint density at radius 2 is 1.88 bits per heavy atom. The van der Waals surface area contributed by atoms with E-state index in [2.05, 4.69) is 55.9 Å². The van der Waals surface area contributed by atoms with Crippen LogP contribution in [-0.2, 0) is 6.42 Å². The van der Waals surface area contributed by atoms with Gasteiger partial charge in [0.2, 0.25) is 5.95 Å². The Balaban J connectivity index is 1.27. The van der Waals surface area contributed by atoms with Gasteiger partial charge in [-0.05, 0) is 41.9 Å². The van der Waals surface area contributed by atoms with Gasteiger partial charge in [-0.3, -0.25) is 14.9 Å². The number of fused-ring (bicyclic) bond motifs is 2. The van der Waals surface area contributed by atoms with Gasteiger partial charge in [0.1, 0.15) is 16.8 Å². The number of hydrogen-bond acceptors (Lipinski definition) is 6. The Labute approximate surface area is 196 Å². The van der Waals surface area contributed by atoms with E-state index in [0.717, 1.165) is 32.4 Å². The molecule has 1 fully saturated rings. The Morgan fingerprint density at radius 1 is 1.15 bits per heavy atom. The van der Waals surface area contributed by atoms with E-state index in [1.54, 1.807) is 24.3 Å². The first-order chi connectivity index (χ1) is 16.5. The standard InChI is InChI=1S/C26H26N6O2/c1-15(17-7-4-5-9-19(17)33)21-20-23(31-30-21)28-25(29-24(20)34)32-12-10-26(11-13-32)14-16-6-2-3-8-18(16)22(26)27/h2-9,22,33H,1,10-14,27H2,(H2,28,29,30,31,34)/t22-/m1/s1. The number of piperidine rings is 1. The number of rotatable bonds is 3. The number of anilines is 1. The van der Waals surface area contributed by atoms with Gasteiger partial charge in [-0.2, -0.15) is 10.1 Å². The molecule has 1 atom stereocenters. The van der Waals surface area contributed by atoms with Crippen molar-refractivity contribution in [2.24, 2.45) is 11.1 Å². The number of phenolic OH excluding ortho intramolecular Hbond substituents is 1. The second kappa shape index (κ2) is 7.56. The highest BCUT2D eigenvalue weighted by molar-refractivity contribution is 5.93. The molecule has 1 saturated heterocycles. The van der Waals surface area contributed by atoms with E-state index in [1.807, 2.05) is 0 Å². The zero-order chi connectivity index (χ0) is 23.4. The van der Waals surface area contributed by atoms with E-state index in [0.29, 0.717) is 33.8 Å². The molecule has 1 spiro atoms. The van der Waals surface area contributed by atoms with Crippen molar-refractivity contribution < 1.29 is 5.11 Å². The molecule has 0 amide bonds. The lowest BCUT2D eigenvalue weighted by atomic mass is 9.73. The van der Waals surface area contributed by atoms with Crippen LogP contribution in [0, 0.1) is 5.41 Å². The van der Waals surface area contributed by atoms with Crippen LogP contribution in [0.2, 0.25) is 0 Å². The Hall–Kier alpha value is -3.91. The molecule has 1 aliphatic carbocycles. The SMILES string of the molecule is C=C(c1ccccc1O)c1n[nH]c2nc(N3CCC4(CC3)Cc3ccccc3[C@H]4N)[nH]c(=O)c12.